The number of para-hydroxylation sites is 1. The Morgan fingerprint density at radius 3 is 2.96 bits per heavy atom. The summed E-state index contributed by atoms with van der Waals surface area (Å²) in [7, 11) is 3.35. The van der Waals surface area contributed by atoms with Crippen LogP contribution in [0.4, 0.5) is 5.95 Å². The fourth-order valence-electron chi connectivity index (χ4n) is 3.31. The van der Waals surface area contributed by atoms with Crippen molar-refractivity contribution in [2.45, 2.75) is 12.3 Å². The van der Waals surface area contributed by atoms with Gasteiger partial charge in [-0.05, 0) is 12.5 Å². The molecule has 1 aliphatic rings. The van der Waals surface area contributed by atoms with Gasteiger partial charge < -0.3 is 14.4 Å². The summed E-state index contributed by atoms with van der Waals surface area (Å²) in [6, 6.07) is 6.03. The monoisotopic (exact) mass is 325 g/mol. The van der Waals surface area contributed by atoms with Gasteiger partial charge in [-0.1, -0.05) is 12.1 Å². The van der Waals surface area contributed by atoms with E-state index < -0.39 is 0 Å². The number of H-pyrrole nitrogens is 1. The molecule has 1 unspecified atom stereocenters. The van der Waals surface area contributed by atoms with Gasteiger partial charge in [-0.15, -0.1) is 0 Å². The van der Waals surface area contributed by atoms with E-state index in [9.17, 15) is 0 Å². The number of hydrogen-bond acceptors (Lipinski definition) is 6. The van der Waals surface area contributed by atoms with Crippen molar-refractivity contribution in [3.05, 3.63) is 36.2 Å². The summed E-state index contributed by atoms with van der Waals surface area (Å²) in [5.41, 5.74) is 1.93. The highest BCUT2D eigenvalue weighted by Crippen LogP contribution is 2.39. The zero-order valence-corrected chi connectivity index (χ0v) is 13.7. The molecule has 124 valence electrons. The van der Waals surface area contributed by atoms with Gasteiger partial charge in [0, 0.05) is 30.8 Å². The molecule has 1 saturated heterocycles. The molecule has 1 N–H and O–H groups in total. The first kappa shape index (κ1) is 14.7. The van der Waals surface area contributed by atoms with Crippen molar-refractivity contribution in [3.63, 3.8) is 0 Å². The maximum absolute atomic E-state index is 5.58. The maximum Gasteiger partial charge on any atom is 0.227 e. The Balaban J connectivity index is 1.60. The molecule has 0 aliphatic carbocycles. The van der Waals surface area contributed by atoms with E-state index in [0.29, 0.717) is 5.92 Å². The molecule has 0 bridgehead atoms. The minimum Gasteiger partial charge on any atom is -0.493 e. The molecule has 7 heteroatoms. The van der Waals surface area contributed by atoms with Crippen LogP contribution in [-0.2, 0) is 0 Å². The predicted molar refractivity (Wildman–Crippen MR) is 90.8 cm³/mol. The standard InChI is InChI=1S/C17H19N5O2/c1-23-14-5-3-4-13(15(14)24-2)11-6-7-22(10-11)17-18-8-12-9-19-21-16(12)20-17/h3-5,8-9,11H,6-7,10H2,1-2H3,(H,18,19,20,21). The number of nitrogens with one attached hydrogen (secondary N) is 1. The van der Waals surface area contributed by atoms with Crippen LogP contribution in [-0.4, -0.2) is 47.5 Å². The number of anilines is 1. The van der Waals surface area contributed by atoms with Crippen molar-refractivity contribution in [3.8, 4) is 11.5 Å². The molecule has 1 aromatic carbocycles. The lowest BCUT2D eigenvalue weighted by Gasteiger charge is -2.18. The lowest BCUT2D eigenvalue weighted by molar-refractivity contribution is 0.350. The van der Waals surface area contributed by atoms with Gasteiger partial charge in [0.05, 0.1) is 25.8 Å². The summed E-state index contributed by atoms with van der Waals surface area (Å²) >= 11 is 0. The molecule has 0 saturated carbocycles. The third kappa shape index (κ3) is 2.42. The molecule has 0 spiro atoms. The SMILES string of the molecule is COc1cccc(C2CCN(c3ncc4cn[nH]c4n3)C2)c1OC. The van der Waals surface area contributed by atoms with Gasteiger partial charge in [-0.25, -0.2) is 4.98 Å². The molecule has 0 radical (unpaired) electrons. The van der Waals surface area contributed by atoms with Gasteiger partial charge in [-0.3, -0.25) is 5.10 Å². The van der Waals surface area contributed by atoms with E-state index in [1.165, 1.54) is 5.56 Å². The number of rotatable bonds is 4. The first-order chi connectivity index (χ1) is 11.8. The van der Waals surface area contributed by atoms with Crippen molar-refractivity contribution < 1.29 is 9.47 Å². The van der Waals surface area contributed by atoms with Crippen molar-refractivity contribution >= 4 is 17.0 Å². The van der Waals surface area contributed by atoms with E-state index >= 15 is 0 Å². The summed E-state index contributed by atoms with van der Waals surface area (Å²) in [6.45, 7) is 1.76. The molecule has 2 aromatic heterocycles. The Bertz CT molecular complexity index is 863. The number of hydrogen-bond donors (Lipinski definition) is 1. The van der Waals surface area contributed by atoms with Gasteiger partial charge in [0.15, 0.2) is 17.1 Å². The lowest BCUT2D eigenvalue weighted by Crippen LogP contribution is -2.21. The van der Waals surface area contributed by atoms with E-state index in [0.717, 1.165) is 48.0 Å². The van der Waals surface area contributed by atoms with Gasteiger partial charge in [0.2, 0.25) is 5.95 Å². The number of methoxy groups -OCH3 is 2. The van der Waals surface area contributed by atoms with Crippen LogP contribution in [0.15, 0.2) is 30.6 Å². The number of aromatic amines is 1. The van der Waals surface area contributed by atoms with Gasteiger partial charge >= 0.3 is 0 Å². The van der Waals surface area contributed by atoms with Crippen LogP contribution in [0, 0.1) is 0 Å². The first-order valence-electron chi connectivity index (χ1n) is 7.92. The fraction of sp³-hybridized carbons (Fsp3) is 0.353. The molecule has 0 amide bonds. The molecule has 7 nitrogen and oxygen atoms in total. The number of nitrogens with zero attached hydrogens (tertiary/aromatic N) is 4. The van der Waals surface area contributed by atoms with E-state index in [2.05, 4.69) is 31.1 Å². The smallest absolute Gasteiger partial charge is 0.227 e. The van der Waals surface area contributed by atoms with Crippen LogP contribution >= 0.6 is 0 Å². The third-order valence-corrected chi connectivity index (χ3v) is 4.52. The second-order valence-corrected chi connectivity index (χ2v) is 5.86. The Labute approximate surface area is 139 Å². The quantitative estimate of drug-likeness (QED) is 0.793. The van der Waals surface area contributed by atoms with Crippen LogP contribution in [0.1, 0.15) is 17.9 Å². The topological polar surface area (TPSA) is 76.2 Å². The molecule has 4 rings (SSSR count). The highest BCUT2D eigenvalue weighted by molar-refractivity contribution is 5.73. The fourth-order valence-corrected chi connectivity index (χ4v) is 3.31. The molecule has 24 heavy (non-hydrogen) atoms. The second kappa shape index (κ2) is 5.99. The summed E-state index contributed by atoms with van der Waals surface area (Å²) in [5.74, 6) is 2.67. The average molecular weight is 325 g/mol. The second-order valence-electron chi connectivity index (χ2n) is 5.86. The third-order valence-electron chi connectivity index (χ3n) is 4.52. The molecular formula is C17H19N5O2. The Kier molecular flexibility index (Phi) is 3.68. The van der Waals surface area contributed by atoms with E-state index in [4.69, 9.17) is 9.47 Å². The highest BCUT2D eigenvalue weighted by atomic mass is 16.5. The van der Waals surface area contributed by atoms with Crippen LogP contribution in [0.3, 0.4) is 0 Å². The van der Waals surface area contributed by atoms with Gasteiger partial charge in [0.1, 0.15) is 0 Å². The van der Waals surface area contributed by atoms with Crippen molar-refractivity contribution in [2.24, 2.45) is 0 Å². The lowest BCUT2D eigenvalue weighted by atomic mass is 9.97. The minimum atomic E-state index is 0.358. The van der Waals surface area contributed by atoms with Gasteiger partial charge in [0.25, 0.3) is 0 Å². The number of ether oxygens (including phenoxy) is 2. The van der Waals surface area contributed by atoms with Crippen LogP contribution in [0.25, 0.3) is 11.0 Å². The molecule has 1 aliphatic heterocycles. The van der Waals surface area contributed by atoms with Crippen molar-refractivity contribution in [1.82, 2.24) is 20.2 Å². The molecule has 3 heterocycles. The molecule has 1 fully saturated rings. The zero-order valence-electron chi connectivity index (χ0n) is 13.7. The van der Waals surface area contributed by atoms with E-state index in [1.54, 1.807) is 26.6 Å². The highest BCUT2D eigenvalue weighted by Gasteiger charge is 2.29. The summed E-state index contributed by atoms with van der Waals surface area (Å²) in [4.78, 5) is 11.2. The van der Waals surface area contributed by atoms with Crippen molar-refractivity contribution in [2.75, 3.05) is 32.2 Å². The summed E-state index contributed by atoms with van der Waals surface area (Å²) in [6.07, 6.45) is 4.56. The Morgan fingerprint density at radius 2 is 2.12 bits per heavy atom. The number of aromatic nitrogens is 4. The molecule has 3 aromatic rings. The Hall–Kier alpha value is -2.83. The number of benzene rings is 1. The first-order valence-corrected chi connectivity index (χ1v) is 7.92. The van der Waals surface area contributed by atoms with E-state index in [-0.39, 0.29) is 0 Å². The average Bonchev–Trinajstić information content (AvgIpc) is 3.29. The summed E-state index contributed by atoms with van der Waals surface area (Å²) in [5, 5.41) is 7.81. The number of fused-ring (bicyclic) bond motifs is 1. The Morgan fingerprint density at radius 1 is 1.21 bits per heavy atom. The van der Waals surface area contributed by atoms with Crippen LogP contribution in [0.2, 0.25) is 0 Å². The molecule has 1 atom stereocenters. The van der Waals surface area contributed by atoms with Crippen molar-refractivity contribution in [1.29, 1.82) is 0 Å². The van der Waals surface area contributed by atoms with Crippen LogP contribution < -0.4 is 14.4 Å². The largest absolute Gasteiger partial charge is 0.493 e. The normalized spacial score (nSPS) is 17.4. The maximum atomic E-state index is 5.58. The zero-order chi connectivity index (χ0) is 16.5. The minimum absolute atomic E-state index is 0.358. The van der Waals surface area contributed by atoms with Crippen LogP contribution in [0.5, 0.6) is 11.5 Å². The van der Waals surface area contributed by atoms with Gasteiger partial charge in [-0.2, -0.15) is 10.1 Å². The predicted octanol–water partition coefficient (Wildman–Crippen LogP) is 2.36. The van der Waals surface area contributed by atoms with E-state index in [1.807, 2.05) is 12.1 Å². The molecular weight excluding hydrogens is 306 g/mol. The summed E-state index contributed by atoms with van der Waals surface area (Å²) < 4.78 is 11.0.